The van der Waals surface area contributed by atoms with Gasteiger partial charge in [-0.15, -0.1) is 0 Å². The first-order valence-electron chi connectivity index (χ1n) is 7.06. The standard InChI is InChI=1S/C14H23ClN2O2/c1-3-11-6-4-5-7-14(11,18)13-12(15)10-16-17(13)8-9-19-2/h10-11,18H,3-9H2,1-2H3. The molecule has 19 heavy (non-hydrogen) atoms. The van der Waals surface area contributed by atoms with Gasteiger partial charge in [-0.05, 0) is 18.8 Å². The average Bonchev–Trinajstić information content (AvgIpc) is 2.78. The highest BCUT2D eigenvalue weighted by Crippen LogP contribution is 2.45. The molecule has 4 nitrogen and oxygen atoms in total. The van der Waals surface area contributed by atoms with E-state index in [0.717, 1.165) is 31.4 Å². The molecule has 0 bridgehead atoms. The molecule has 2 rings (SSSR count). The number of rotatable bonds is 5. The minimum atomic E-state index is -0.839. The van der Waals surface area contributed by atoms with Gasteiger partial charge in [0.1, 0.15) is 5.60 Å². The second-order valence-corrected chi connectivity index (χ2v) is 5.74. The van der Waals surface area contributed by atoms with Crippen LogP contribution >= 0.6 is 11.6 Å². The molecule has 0 radical (unpaired) electrons. The zero-order valence-electron chi connectivity index (χ0n) is 11.7. The summed E-state index contributed by atoms with van der Waals surface area (Å²) in [5, 5.41) is 16.0. The van der Waals surface area contributed by atoms with Gasteiger partial charge in [0.2, 0.25) is 0 Å². The highest BCUT2D eigenvalue weighted by Gasteiger charge is 2.43. The third kappa shape index (κ3) is 2.81. The van der Waals surface area contributed by atoms with Crippen LogP contribution in [0.25, 0.3) is 0 Å². The summed E-state index contributed by atoms with van der Waals surface area (Å²) in [7, 11) is 1.66. The molecule has 0 spiro atoms. The van der Waals surface area contributed by atoms with E-state index in [4.69, 9.17) is 16.3 Å². The van der Waals surface area contributed by atoms with E-state index in [0.29, 0.717) is 18.2 Å². The van der Waals surface area contributed by atoms with Crippen molar-refractivity contribution < 1.29 is 9.84 Å². The van der Waals surface area contributed by atoms with E-state index >= 15 is 0 Å². The number of methoxy groups -OCH3 is 1. The molecular formula is C14H23ClN2O2. The van der Waals surface area contributed by atoms with Crippen LogP contribution in [-0.2, 0) is 16.9 Å². The van der Waals surface area contributed by atoms with E-state index in [2.05, 4.69) is 12.0 Å². The van der Waals surface area contributed by atoms with Crippen LogP contribution in [0.5, 0.6) is 0 Å². The van der Waals surface area contributed by atoms with Crippen LogP contribution in [0.1, 0.15) is 44.7 Å². The van der Waals surface area contributed by atoms with Crippen LogP contribution in [0.3, 0.4) is 0 Å². The normalized spacial score (nSPS) is 27.7. The van der Waals surface area contributed by atoms with E-state index in [1.807, 2.05) is 0 Å². The lowest BCUT2D eigenvalue weighted by molar-refractivity contribution is -0.0630. The Hall–Kier alpha value is -0.580. The third-order valence-corrected chi connectivity index (χ3v) is 4.52. The Labute approximate surface area is 119 Å². The van der Waals surface area contributed by atoms with Crippen LogP contribution in [0.2, 0.25) is 5.02 Å². The fourth-order valence-electron chi connectivity index (χ4n) is 3.22. The third-order valence-electron chi connectivity index (χ3n) is 4.24. The summed E-state index contributed by atoms with van der Waals surface area (Å²) in [5.41, 5.74) is -0.0633. The first-order valence-corrected chi connectivity index (χ1v) is 7.44. The van der Waals surface area contributed by atoms with Gasteiger partial charge >= 0.3 is 0 Å². The predicted octanol–water partition coefficient (Wildman–Crippen LogP) is 2.97. The van der Waals surface area contributed by atoms with E-state index in [1.54, 1.807) is 18.0 Å². The number of halogens is 1. The molecule has 0 aliphatic heterocycles. The van der Waals surface area contributed by atoms with Crippen molar-refractivity contribution in [2.24, 2.45) is 5.92 Å². The largest absolute Gasteiger partial charge is 0.383 e. The fourth-order valence-corrected chi connectivity index (χ4v) is 3.53. The van der Waals surface area contributed by atoms with Crippen LogP contribution in [0.4, 0.5) is 0 Å². The highest BCUT2D eigenvalue weighted by molar-refractivity contribution is 6.31. The zero-order valence-corrected chi connectivity index (χ0v) is 12.5. The molecule has 1 aromatic heterocycles. The van der Waals surface area contributed by atoms with Crippen LogP contribution < -0.4 is 0 Å². The van der Waals surface area contributed by atoms with Gasteiger partial charge in [0.05, 0.1) is 30.1 Å². The number of aromatic nitrogens is 2. The summed E-state index contributed by atoms with van der Waals surface area (Å²) in [5.74, 6) is 0.261. The summed E-state index contributed by atoms with van der Waals surface area (Å²) in [6.07, 6.45) is 6.64. The first kappa shape index (κ1) is 14.8. The molecule has 0 amide bonds. The van der Waals surface area contributed by atoms with Crippen LogP contribution in [-0.4, -0.2) is 28.6 Å². The number of nitrogens with zero attached hydrogens (tertiary/aromatic N) is 2. The smallest absolute Gasteiger partial charge is 0.110 e. The highest BCUT2D eigenvalue weighted by atomic mass is 35.5. The molecule has 1 fully saturated rings. The number of ether oxygens (including phenoxy) is 1. The van der Waals surface area contributed by atoms with Gasteiger partial charge in [-0.3, -0.25) is 4.68 Å². The van der Waals surface area contributed by atoms with Gasteiger partial charge in [0.25, 0.3) is 0 Å². The number of hydrogen-bond acceptors (Lipinski definition) is 3. The van der Waals surface area contributed by atoms with Crippen LogP contribution in [0.15, 0.2) is 6.20 Å². The van der Waals surface area contributed by atoms with E-state index < -0.39 is 5.60 Å². The lowest BCUT2D eigenvalue weighted by Gasteiger charge is -2.40. The van der Waals surface area contributed by atoms with Gasteiger partial charge in [-0.1, -0.05) is 37.8 Å². The molecule has 1 aliphatic carbocycles. The Balaban J connectivity index is 2.34. The topological polar surface area (TPSA) is 47.3 Å². The molecule has 1 heterocycles. The maximum Gasteiger partial charge on any atom is 0.110 e. The van der Waals surface area contributed by atoms with Crippen molar-refractivity contribution in [2.45, 2.75) is 51.2 Å². The molecule has 5 heteroatoms. The Morgan fingerprint density at radius 2 is 2.37 bits per heavy atom. The van der Waals surface area contributed by atoms with E-state index in [1.165, 1.54) is 6.42 Å². The lowest BCUT2D eigenvalue weighted by Crippen LogP contribution is -2.40. The minimum absolute atomic E-state index is 0.261. The molecule has 0 saturated heterocycles. The SMILES string of the molecule is CCC1CCCCC1(O)c1c(Cl)cnn1CCOC. The second kappa shape index (κ2) is 6.25. The van der Waals surface area contributed by atoms with Crippen molar-refractivity contribution in [1.82, 2.24) is 9.78 Å². The molecule has 1 N–H and O–H groups in total. The van der Waals surface area contributed by atoms with Crippen molar-refractivity contribution in [3.63, 3.8) is 0 Å². The van der Waals surface area contributed by atoms with Crippen molar-refractivity contribution >= 4 is 11.6 Å². The molecule has 2 unspecified atom stereocenters. The summed E-state index contributed by atoms with van der Waals surface area (Å²) >= 11 is 6.29. The van der Waals surface area contributed by atoms with Crippen molar-refractivity contribution in [2.75, 3.05) is 13.7 Å². The Morgan fingerprint density at radius 3 is 3.05 bits per heavy atom. The fraction of sp³-hybridized carbons (Fsp3) is 0.786. The Bertz CT molecular complexity index is 422. The number of hydrogen-bond donors (Lipinski definition) is 1. The maximum absolute atomic E-state index is 11.2. The van der Waals surface area contributed by atoms with Crippen molar-refractivity contribution in [3.8, 4) is 0 Å². The van der Waals surface area contributed by atoms with E-state index in [-0.39, 0.29) is 5.92 Å². The summed E-state index contributed by atoms with van der Waals surface area (Å²) in [6.45, 7) is 3.32. The Kier molecular flexibility index (Phi) is 4.87. The van der Waals surface area contributed by atoms with Gasteiger partial charge in [0, 0.05) is 7.11 Å². The second-order valence-electron chi connectivity index (χ2n) is 5.33. The molecule has 1 aliphatic rings. The maximum atomic E-state index is 11.2. The number of aliphatic hydroxyl groups is 1. The minimum Gasteiger partial charge on any atom is -0.383 e. The summed E-state index contributed by atoms with van der Waals surface area (Å²) in [4.78, 5) is 0. The quantitative estimate of drug-likeness (QED) is 0.905. The first-order chi connectivity index (χ1) is 9.13. The average molecular weight is 287 g/mol. The molecule has 1 aromatic rings. The zero-order chi connectivity index (χ0) is 13.9. The summed E-state index contributed by atoms with van der Waals surface area (Å²) < 4.78 is 6.90. The van der Waals surface area contributed by atoms with Gasteiger partial charge in [-0.25, -0.2) is 0 Å². The molecule has 0 aromatic carbocycles. The molecular weight excluding hydrogens is 264 g/mol. The summed E-state index contributed by atoms with van der Waals surface area (Å²) in [6, 6.07) is 0. The molecule has 108 valence electrons. The monoisotopic (exact) mass is 286 g/mol. The Morgan fingerprint density at radius 1 is 1.58 bits per heavy atom. The molecule has 2 atom stereocenters. The van der Waals surface area contributed by atoms with Crippen molar-refractivity contribution in [3.05, 3.63) is 16.9 Å². The lowest BCUT2D eigenvalue weighted by atomic mass is 9.72. The van der Waals surface area contributed by atoms with Crippen LogP contribution in [0, 0.1) is 5.92 Å². The predicted molar refractivity (Wildman–Crippen MR) is 75.3 cm³/mol. The van der Waals surface area contributed by atoms with Gasteiger partial charge < -0.3 is 9.84 Å². The van der Waals surface area contributed by atoms with Gasteiger partial charge in [-0.2, -0.15) is 5.10 Å². The van der Waals surface area contributed by atoms with E-state index in [9.17, 15) is 5.11 Å². The van der Waals surface area contributed by atoms with Crippen molar-refractivity contribution in [1.29, 1.82) is 0 Å². The van der Waals surface area contributed by atoms with Gasteiger partial charge in [0.15, 0.2) is 0 Å². The molecule has 1 saturated carbocycles.